The summed E-state index contributed by atoms with van der Waals surface area (Å²) in [5.74, 6) is 0.301. The van der Waals surface area contributed by atoms with E-state index < -0.39 is 0 Å². The number of tetrazole rings is 1. The second-order valence-corrected chi connectivity index (χ2v) is 2.96. The van der Waals surface area contributed by atoms with E-state index in [4.69, 9.17) is 5.73 Å². The van der Waals surface area contributed by atoms with E-state index in [0.717, 1.165) is 11.3 Å². The molecule has 0 aromatic carbocycles. The molecule has 0 aliphatic heterocycles. The van der Waals surface area contributed by atoms with Crippen LogP contribution in [0.1, 0.15) is 11.3 Å². The van der Waals surface area contributed by atoms with Gasteiger partial charge in [0.05, 0.1) is 12.2 Å². The molecule has 0 aliphatic carbocycles. The molecule has 0 unspecified atom stereocenters. The molecule has 0 spiro atoms. The zero-order valence-electron chi connectivity index (χ0n) is 7.75. The third-order valence-electron chi connectivity index (χ3n) is 1.98. The van der Waals surface area contributed by atoms with Crippen LogP contribution in [0.3, 0.4) is 0 Å². The average Bonchev–Trinajstić information content (AvgIpc) is 2.56. The molecular weight excluding hydrogens is 180 g/mol. The van der Waals surface area contributed by atoms with Crippen LogP contribution in [0.5, 0.6) is 0 Å². The predicted molar refractivity (Wildman–Crippen MR) is 50.3 cm³/mol. The Balaban J connectivity index is 2.28. The highest BCUT2D eigenvalue weighted by molar-refractivity contribution is 5.20. The van der Waals surface area contributed by atoms with E-state index in [-0.39, 0.29) is 0 Å². The highest BCUT2D eigenvalue weighted by atomic mass is 15.6. The fraction of sp³-hybridized carbons (Fsp3) is 0.250. The molecule has 0 aliphatic rings. The van der Waals surface area contributed by atoms with Gasteiger partial charge in [0.1, 0.15) is 0 Å². The molecule has 6 heteroatoms. The number of hydrogen-bond donors (Lipinski definition) is 1. The highest BCUT2D eigenvalue weighted by Gasteiger charge is 2.04. The van der Waals surface area contributed by atoms with Gasteiger partial charge >= 0.3 is 0 Å². The molecule has 14 heavy (non-hydrogen) atoms. The van der Waals surface area contributed by atoms with Crippen LogP contribution in [0.4, 0.5) is 5.95 Å². The van der Waals surface area contributed by atoms with Gasteiger partial charge in [-0.2, -0.15) is 0 Å². The number of hydrogen-bond acceptors (Lipinski definition) is 5. The maximum absolute atomic E-state index is 5.54. The Morgan fingerprint density at radius 3 is 3.00 bits per heavy atom. The lowest BCUT2D eigenvalue weighted by Crippen LogP contribution is -2.08. The molecule has 0 fully saturated rings. The first-order valence-corrected chi connectivity index (χ1v) is 4.19. The van der Waals surface area contributed by atoms with Crippen molar-refractivity contribution in [2.75, 3.05) is 5.73 Å². The second-order valence-electron chi connectivity index (χ2n) is 2.96. The van der Waals surface area contributed by atoms with Crippen LogP contribution in [-0.2, 0) is 6.54 Å². The van der Waals surface area contributed by atoms with E-state index in [1.807, 2.05) is 19.1 Å². The number of nitrogens with zero attached hydrogens (tertiary/aromatic N) is 5. The Hall–Kier alpha value is -1.98. The molecule has 2 aromatic rings. The first-order chi connectivity index (χ1) is 6.77. The summed E-state index contributed by atoms with van der Waals surface area (Å²) in [6.45, 7) is 2.49. The predicted octanol–water partition coefficient (Wildman–Crippen LogP) is 0.00702. The van der Waals surface area contributed by atoms with Gasteiger partial charge in [-0.25, -0.2) is 4.68 Å². The van der Waals surface area contributed by atoms with Crippen molar-refractivity contribution in [1.82, 2.24) is 25.2 Å². The lowest BCUT2D eigenvalue weighted by Gasteiger charge is -2.03. The van der Waals surface area contributed by atoms with E-state index in [0.29, 0.717) is 12.5 Å². The summed E-state index contributed by atoms with van der Waals surface area (Å²) in [7, 11) is 0. The molecule has 2 aromatic heterocycles. The van der Waals surface area contributed by atoms with E-state index in [1.54, 1.807) is 6.20 Å². The van der Waals surface area contributed by atoms with E-state index in [1.165, 1.54) is 4.68 Å². The third kappa shape index (κ3) is 1.54. The number of aromatic nitrogens is 5. The minimum atomic E-state index is 0.301. The van der Waals surface area contributed by atoms with Crippen molar-refractivity contribution in [3.8, 4) is 0 Å². The fourth-order valence-electron chi connectivity index (χ4n) is 1.15. The van der Waals surface area contributed by atoms with E-state index in [9.17, 15) is 0 Å². The van der Waals surface area contributed by atoms with E-state index in [2.05, 4.69) is 20.5 Å². The van der Waals surface area contributed by atoms with Crippen molar-refractivity contribution in [2.24, 2.45) is 0 Å². The SMILES string of the molecule is Cc1cccnc1Cn1nnnc1N. The molecule has 0 bridgehead atoms. The normalized spacial score (nSPS) is 10.4. The average molecular weight is 190 g/mol. The Labute approximate surface area is 80.8 Å². The Morgan fingerprint density at radius 2 is 2.36 bits per heavy atom. The van der Waals surface area contributed by atoms with Crippen molar-refractivity contribution in [3.63, 3.8) is 0 Å². The number of rotatable bonds is 2. The number of nitrogen functional groups attached to an aromatic ring is 1. The summed E-state index contributed by atoms with van der Waals surface area (Å²) in [4.78, 5) is 4.22. The highest BCUT2D eigenvalue weighted by Crippen LogP contribution is 2.05. The van der Waals surface area contributed by atoms with Crippen LogP contribution >= 0.6 is 0 Å². The van der Waals surface area contributed by atoms with Gasteiger partial charge in [-0.3, -0.25) is 4.98 Å². The lowest BCUT2D eigenvalue weighted by atomic mass is 10.2. The van der Waals surface area contributed by atoms with E-state index >= 15 is 0 Å². The minimum Gasteiger partial charge on any atom is -0.367 e. The van der Waals surface area contributed by atoms with Gasteiger partial charge in [0, 0.05) is 6.20 Å². The number of aryl methyl sites for hydroxylation is 1. The van der Waals surface area contributed by atoms with Crippen molar-refractivity contribution in [1.29, 1.82) is 0 Å². The summed E-state index contributed by atoms with van der Waals surface area (Å²) < 4.78 is 1.51. The van der Waals surface area contributed by atoms with Gasteiger partial charge in [0.2, 0.25) is 5.95 Å². The van der Waals surface area contributed by atoms with Crippen molar-refractivity contribution in [2.45, 2.75) is 13.5 Å². The van der Waals surface area contributed by atoms with Crippen LogP contribution in [0.25, 0.3) is 0 Å². The van der Waals surface area contributed by atoms with Crippen molar-refractivity contribution < 1.29 is 0 Å². The van der Waals surface area contributed by atoms with Crippen LogP contribution < -0.4 is 5.73 Å². The smallest absolute Gasteiger partial charge is 0.240 e. The van der Waals surface area contributed by atoms with Gasteiger partial charge < -0.3 is 5.73 Å². The first-order valence-electron chi connectivity index (χ1n) is 4.19. The first kappa shape index (κ1) is 8.61. The Bertz CT molecular complexity index is 435. The fourth-order valence-corrected chi connectivity index (χ4v) is 1.15. The Kier molecular flexibility index (Phi) is 2.10. The van der Waals surface area contributed by atoms with Gasteiger partial charge in [-0.15, -0.1) is 0 Å². The molecule has 0 amide bonds. The largest absolute Gasteiger partial charge is 0.367 e. The summed E-state index contributed by atoms with van der Waals surface area (Å²) in [5.41, 5.74) is 7.56. The molecule has 0 saturated carbocycles. The maximum Gasteiger partial charge on any atom is 0.240 e. The zero-order valence-corrected chi connectivity index (χ0v) is 7.75. The maximum atomic E-state index is 5.54. The van der Waals surface area contributed by atoms with Gasteiger partial charge in [-0.05, 0) is 29.0 Å². The van der Waals surface area contributed by atoms with Gasteiger partial charge in [-0.1, -0.05) is 11.2 Å². The molecule has 2 heterocycles. The summed E-state index contributed by atoms with van der Waals surface area (Å²) >= 11 is 0. The summed E-state index contributed by atoms with van der Waals surface area (Å²) in [6.07, 6.45) is 1.74. The topological polar surface area (TPSA) is 82.5 Å². The molecule has 72 valence electrons. The molecule has 2 N–H and O–H groups in total. The van der Waals surface area contributed by atoms with Crippen molar-refractivity contribution >= 4 is 5.95 Å². The van der Waals surface area contributed by atoms with Crippen LogP contribution in [-0.4, -0.2) is 25.2 Å². The lowest BCUT2D eigenvalue weighted by molar-refractivity contribution is 0.641. The number of nitrogens with two attached hydrogens (primary N) is 1. The Morgan fingerprint density at radius 1 is 1.50 bits per heavy atom. The number of pyridine rings is 1. The second kappa shape index (κ2) is 3.41. The van der Waals surface area contributed by atoms with Crippen LogP contribution in [0, 0.1) is 6.92 Å². The van der Waals surface area contributed by atoms with Gasteiger partial charge in [0.15, 0.2) is 0 Å². The van der Waals surface area contributed by atoms with Crippen LogP contribution in [0.15, 0.2) is 18.3 Å². The quantitative estimate of drug-likeness (QED) is 0.721. The molecule has 2 rings (SSSR count). The molecular formula is C8H10N6. The minimum absolute atomic E-state index is 0.301. The summed E-state index contributed by atoms with van der Waals surface area (Å²) in [5, 5.41) is 10.8. The molecule has 6 nitrogen and oxygen atoms in total. The van der Waals surface area contributed by atoms with Crippen molar-refractivity contribution in [3.05, 3.63) is 29.6 Å². The van der Waals surface area contributed by atoms with Crippen LogP contribution in [0.2, 0.25) is 0 Å². The standard InChI is InChI=1S/C8H10N6/c1-6-3-2-4-10-7(6)5-14-8(9)11-12-13-14/h2-4H,5H2,1H3,(H2,9,11,13). The molecule has 0 saturated heterocycles. The third-order valence-corrected chi connectivity index (χ3v) is 1.98. The molecule has 0 atom stereocenters. The van der Waals surface area contributed by atoms with Gasteiger partial charge in [0.25, 0.3) is 0 Å². The summed E-state index contributed by atoms with van der Waals surface area (Å²) in [6, 6.07) is 3.88. The monoisotopic (exact) mass is 190 g/mol. The number of anilines is 1. The zero-order chi connectivity index (χ0) is 9.97. The molecule has 0 radical (unpaired) electrons.